The van der Waals surface area contributed by atoms with E-state index in [1.807, 2.05) is 25.1 Å². The summed E-state index contributed by atoms with van der Waals surface area (Å²) in [6, 6.07) is 3.82. The van der Waals surface area contributed by atoms with Gasteiger partial charge in [0.2, 0.25) is 0 Å². The van der Waals surface area contributed by atoms with Crippen molar-refractivity contribution in [3.8, 4) is 11.5 Å². The van der Waals surface area contributed by atoms with Gasteiger partial charge in [-0.05, 0) is 37.9 Å². The minimum Gasteiger partial charge on any atom is -0.504 e. The fourth-order valence-corrected chi connectivity index (χ4v) is 1.97. The van der Waals surface area contributed by atoms with Gasteiger partial charge in [0.1, 0.15) is 0 Å². The fourth-order valence-electron chi connectivity index (χ4n) is 1.97. The van der Waals surface area contributed by atoms with Gasteiger partial charge < -0.3 is 19.9 Å². The minimum absolute atomic E-state index is 0.206. The molecule has 1 aromatic rings. The molecule has 4 heteroatoms. The molecule has 1 aromatic carbocycles. The number of phenolic OH excluding ortho intramolecular Hbond substituents is 1. The highest BCUT2D eigenvalue weighted by Crippen LogP contribution is 2.31. The van der Waals surface area contributed by atoms with Crippen LogP contribution >= 0.6 is 0 Å². The van der Waals surface area contributed by atoms with Crippen LogP contribution in [-0.2, 0) is 17.7 Å². The number of phenols is 1. The molecule has 0 aliphatic rings. The lowest BCUT2D eigenvalue weighted by molar-refractivity contribution is 0.144. The van der Waals surface area contributed by atoms with Crippen LogP contribution in [0.5, 0.6) is 11.5 Å². The van der Waals surface area contributed by atoms with Gasteiger partial charge in [0, 0.05) is 25.3 Å². The Labute approximate surface area is 121 Å². The van der Waals surface area contributed by atoms with Crippen LogP contribution in [0.1, 0.15) is 24.5 Å². The largest absolute Gasteiger partial charge is 0.504 e. The lowest BCUT2D eigenvalue weighted by Gasteiger charge is -2.12. The fraction of sp³-hybridized carbons (Fsp3) is 0.500. The van der Waals surface area contributed by atoms with E-state index in [1.54, 1.807) is 7.11 Å². The van der Waals surface area contributed by atoms with Gasteiger partial charge in [-0.25, -0.2) is 0 Å². The Bertz CT molecular complexity index is 418. The monoisotopic (exact) mass is 279 g/mol. The van der Waals surface area contributed by atoms with Crippen molar-refractivity contribution < 1.29 is 14.6 Å². The van der Waals surface area contributed by atoms with Crippen molar-refractivity contribution in [2.45, 2.75) is 26.3 Å². The molecule has 2 N–H and O–H groups in total. The van der Waals surface area contributed by atoms with Crippen LogP contribution in [0.15, 0.2) is 24.8 Å². The van der Waals surface area contributed by atoms with Crippen molar-refractivity contribution in [3.05, 3.63) is 35.9 Å². The first-order valence-electron chi connectivity index (χ1n) is 7.01. The van der Waals surface area contributed by atoms with E-state index in [9.17, 15) is 5.11 Å². The molecule has 4 nitrogen and oxygen atoms in total. The second-order valence-corrected chi connectivity index (χ2v) is 4.53. The number of rotatable bonds is 10. The molecular weight excluding hydrogens is 254 g/mol. The van der Waals surface area contributed by atoms with E-state index in [1.165, 1.54) is 0 Å². The van der Waals surface area contributed by atoms with Crippen LogP contribution in [0.4, 0.5) is 0 Å². The third kappa shape index (κ3) is 5.23. The van der Waals surface area contributed by atoms with Gasteiger partial charge in [0.15, 0.2) is 11.5 Å². The predicted molar refractivity (Wildman–Crippen MR) is 81.4 cm³/mol. The maximum atomic E-state index is 10.1. The molecule has 0 amide bonds. The molecule has 0 fully saturated rings. The Kier molecular flexibility index (Phi) is 7.77. The number of allylic oxidation sites excluding steroid dienone is 1. The first-order valence-corrected chi connectivity index (χ1v) is 7.01. The molecule has 0 aromatic heterocycles. The van der Waals surface area contributed by atoms with Crippen LogP contribution < -0.4 is 10.1 Å². The molecule has 20 heavy (non-hydrogen) atoms. The van der Waals surface area contributed by atoms with Crippen LogP contribution in [0.25, 0.3) is 0 Å². The molecule has 0 heterocycles. The maximum absolute atomic E-state index is 10.1. The van der Waals surface area contributed by atoms with E-state index < -0.39 is 0 Å². The highest BCUT2D eigenvalue weighted by molar-refractivity contribution is 5.48. The molecule has 0 saturated carbocycles. The molecular formula is C16H25NO3. The molecule has 0 radical (unpaired) electrons. The molecule has 0 aliphatic heterocycles. The average molecular weight is 279 g/mol. The highest BCUT2D eigenvalue weighted by atomic mass is 16.5. The van der Waals surface area contributed by atoms with Gasteiger partial charge >= 0.3 is 0 Å². The standard InChI is InChI=1S/C16H25NO3/c1-4-7-13-10-14(16(18)15(11-13)19-3)12-17-8-6-9-20-5-2/h4,10-11,17-18H,1,5-9,12H2,2-3H3. The molecule has 0 bridgehead atoms. The molecule has 1 rings (SSSR count). The molecule has 0 saturated heterocycles. The Hall–Kier alpha value is -1.52. The number of aromatic hydroxyl groups is 1. The molecule has 0 atom stereocenters. The van der Waals surface area contributed by atoms with Gasteiger partial charge in [-0.1, -0.05) is 12.1 Å². The summed E-state index contributed by atoms with van der Waals surface area (Å²) in [5.41, 5.74) is 1.93. The lowest BCUT2D eigenvalue weighted by atomic mass is 10.1. The van der Waals surface area contributed by atoms with Crippen molar-refractivity contribution in [1.29, 1.82) is 0 Å². The van der Waals surface area contributed by atoms with Crippen LogP contribution in [-0.4, -0.2) is 32.0 Å². The summed E-state index contributed by atoms with van der Waals surface area (Å²) in [6.45, 7) is 8.70. The van der Waals surface area contributed by atoms with Gasteiger partial charge in [-0.3, -0.25) is 0 Å². The quantitative estimate of drug-likeness (QED) is 0.510. The summed E-state index contributed by atoms with van der Waals surface area (Å²) in [7, 11) is 1.56. The summed E-state index contributed by atoms with van der Waals surface area (Å²) in [6.07, 6.45) is 3.55. The van der Waals surface area contributed by atoms with E-state index >= 15 is 0 Å². The second-order valence-electron chi connectivity index (χ2n) is 4.53. The smallest absolute Gasteiger partial charge is 0.162 e. The number of ether oxygens (including phenoxy) is 2. The van der Waals surface area contributed by atoms with Gasteiger partial charge in [0.25, 0.3) is 0 Å². The Morgan fingerprint density at radius 1 is 1.40 bits per heavy atom. The molecule has 0 spiro atoms. The van der Waals surface area contributed by atoms with Crippen LogP contribution in [0.3, 0.4) is 0 Å². The van der Waals surface area contributed by atoms with Crippen LogP contribution in [0, 0.1) is 0 Å². The van der Waals surface area contributed by atoms with Crippen LogP contribution in [0.2, 0.25) is 0 Å². The van der Waals surface area contributed by atoms with Crippen molar-refractivity contribution >= 4 is 0 Å². The first-order chi connectivity index (χ1) is 9.72. The molecule has 112 valence electrons. The zero-order valence-electron chi connectivity index (χ0n) is 12.4. The van der Waals surface area contributed by atoms with Gasteiger partial charge in [0.05, 0.1) is 7.11 Å². The highest BCUT2D eigenvalue weighted by Gasteiger charge is 2.09. The Morgan fingerprint density at radius 3 is 2.85 bits per heavy atom. The number of nitrogens with one attached hydrogen (secondary N) is 1. The summed E-state index contributed by atoms with van der Waals surface area (Å²) in [5, 5.41) is 13.4. The van der Waals surface area contributed by atoms with E-state index in [2.05, 4.69) is 11.9 Å². The summed E-state index contributed by atoms with van der Waals surface area (Å²) in [4.78, 5) is 0. The second kappa shape index (κ2) is 9.39. The van der Waals surface area contributed by atoms with Gasteiger partial charge in [-0.15, -0.1) is 6.58 Å². The van der Waals surface area contributed by atoms with Crippen molar-refractivity contribution in [2.24, 2.45) is 0 Å². The predicted octanol–water partition coefficient (Wildman–Crippen LogP) is 2.65. The molecule has 0 aliphatic carbocycles. The summed E-state index contributed by atoms with van der Waals surface area (Å²) in [5.74, 6) is 0.716. The number of methoxy groups -OCH3 is 1. The summed E-state index contributed by atoms with van der Waals surface area (Å²) >= 11 is 0. The summed E-state index contributed by atoms with van der Waals surface area (Å²) < 4.78 is 10.5. The van der Waals surface area contributed by atoms with Gasteiger partial charge in [-0.2, -0.15) is 0 Å². The van der Waals surface area contributed by atoms with E-state index in [-0.39, 0.29) is 5.75 Å². The average Bonchev–Trinajstić information content (AvgIpc) is 2.45. The van der Waals surface area contributed by atoms with Crippen molar-refractivity contribution in [1.82, 2.24) is 5.32 Å². The maximum Gasteiger partial charge on any atom is 0.162 e. The normalized spacial score (nSPS) is 10.5. The number of hydrogen-bond acceptors (Lipinski definition) is 4. The zero-order valence-corrected chi connectivity index (χ0v) is 12.4. The van der Waals surface area contributed by atoms with Crippen molar-refractivity contribution in [3.63, 3.8) is 0 Å². The van der Waals surface area contributed by atoms with E-state index in [0.29, 0.717) is 12.3 Å². The topological polar surface area (TPSA) is 50.7 Å². The van der Waals surface area contributed by atoms with E-state index in [0.717, 1.165) is 43.7 Å². The van der Waals surface area contributed by atoms with Crippen molar-refractivity contribution in [2.75, 3.05) is 26.9 Å². The number of hydrogen-bond donors (Lipinski definition) is 2. The molecule has 0 unspecified atom stereocenters. The third-order valence-electron chi connectivity index (χ3n) is 2.98. The SMILES string of the molecule is C=CCc1cc(CNCCCOCC)c(O)c(OC)c1. The lowest BCUT2D eigenvalue weighted by Crippen LogP contribution is -2.16. The Balaban J connectivity index is 2.58. The zero-order chi connectivity index (χ0) is 14.8. The Morgan fingerprint density at radius 2 is 2.20 bits per heavy atom. The number of benzene rings is 1. The minimum atomic E-state index is 0.206. The first kappa shape index (κ1) is 16.5. The third-order valence-corrected chi connectivity index (χ3v) is 2.98. The van der Waals surface area contributed by atoms with E-state index in [4.69, 9.17) is 9.47 Å².